The molecule has 1 aliphatic heterocycles. The summed E-state index contributed by atoms with van der Waals surface area (Å²) in [5.41, 5.74) is 3.64. The van der Waals surface area contributed by atoms with Gasteiger partial charge in [-0.05, 0) is 49.1 Å². The van der Waals surface area contributed by atoms with Crippen molar-refractivity contribution in [3.05, 3.63) is 64.7 Å². The van der Waals surface area contributed by atoms with Gasteiger partial charge in [0.05, 0.1) is 18.8 Å². The predicted molar refractivity (Wildman–Crippen MR) is 114 cm³/mol. The number of unbranched alkanes of at least 4 members (excludes halogenated alkanes) is 2. The summed E-state index contributed by atoms with van der Waals surface area (Å²) >= 11 is 0. The second-order valence-electron chi connectivity index (χ2n) is 7.83. The second-order valence-corrected chi connectivity index (χ2v) is 7.83. The molecule has 0 bridgehead atoms. The lowest BCUT2D eigenvalue weighted by atomic mass is 10.0. The van der Waals surface area contributed by atoms with Crippen molar-refractivity contribution in [1.82, 2.24) is 0 Å². The van der Waals surface area contributed by atoms with Crippen LogP contribution < -0.4 is 4.74 Å². The van der Waals surface area contributed by atoms with Gasteiger partial charge in [0.25, 0.3) is 0 Å². The highest BCUT2D eigenvalue weighted by molar-refractivity contribution is 5.91. The molecule has 0 amide bonds. The summed E-state index contributed by atoms with van der Waals surface area (Å²) in [5, 5.41) is 0. The van der Waals surface area contributed by atoms with Crippen LogP contribution in [-0.4, -0.2) is 19.2 Å². The van der Waals surface area contributed by atoms with Crippen LogP contribution in [0.1, 0.15) is 72.9 Å². The van der Waals surface area contributed by atoms with Crippen LogP contribution in [0.2, 0.25) is 0 Å². The van der Waals surface area contributed by atoms with Gasteiger partial charge in [-0.25, -0.2) is 4.79 Å². The minimum absolute atomic E-state index is 0.355. The molecule has 0 saturated carbocycles. The van der Waals surface area contributed by atoms with Gasteiger partial charge in [0.1, 0.15) is 5.75 Å². The van der Waals surface area contributed by atoms with Crippen LogP contribution in [0.5, 0.6) is 5.75 Å². The first-order valence-corrected chi connectivity index (χ1v) is 10.8. The SMILES string of the molecule is CCCCCC1COC(c2ccc(C(=O)Oc3ccc(CC)cc3C)cc2)OC1. The lowest BCUT2D eigenvalue weighted by Crippen LogP contribution is -2.27. The summed E-state index contributed by atoms with van der Waals surface area (Å²) in [7, 11) is 0. The van der Waals surface area contributed by atoms with E-state index >= 15 is 0 Å². The molecule has 3 rings (SSSR count). The van der Waals surface area contributed by atoms with Crippen LogP contribution in [0.15, 0.2) is 42.5 Å². The minimum Gasteiger partial charge on any atom is -0.423 e. The molecule has 0 unspecified atom stereocenters. The summed E-state index contributed by atoms with van der Waals surface area (Å²) in [6.45, 7) is 7.73. The molecule has 29 heavy (non-hydrogen) atoms. The van der Waals surface area contributed by atoms with Crippen molar-refractivity contribution in [3.63, 3.8) is 0 Å². The number of hydrogen-bond acceptors (Lipinski definition) is 4. The smallest absolute Gasteiger partial charge is 0.343 e. The van der Waals surface area contributed by atoms with Gasteiger partial charge in [0, 0.05) is 11.5 Å². The van der Waals surface area contributed by atoms with E-state index in [0.29, 0.717) is 17.2 Å². The average Bonchev–Trinajstić information content (AvgIpc) is 2.76. The Kier molecular flexibility index (Phi) is 7.84. The Labute approximate surface area is 174 Å². The van der Waals surface area contributed by atoms with Gasteiger partial charge >= 0.3 is 5.97 Å². The Balaban J connectivity index is 1.54. The molecular formula is C25H32O4. The highest BCUT2D eigenvalue weighted by Crippen LogP contribution is 2.28. The van der Waals surface area contributed by atoms with Crippen LogP contribution in [0.3, 0.4) is 0 Å². The average molecular weight is 397 g/mol. The van der Waals surface area contributed by atoms with E-state index in [1.165, 1.54) is 24.8 Å². The number of benzene rings is 2. The number of carbonyl (C=O) groups excluding carboxylic acids is 1. The van der Waals surface area contributed by atoms with Crippen LogP contribution in [-0.2, 0) is 15.9 Å². The quantitative estimate of drug-likeness (QED) is 0.311. The number of ether oxygens (including phenoxy) is 3. The molecule has 0 atom stereocenters. The molecule has 0 N–H and O–H groups in total. The molecule has 0 radical (unpaired) electrons. The van der Waals surface area contributed by atoms with E-state index in [1.807, 2.05) is 31.2 Å². The van der Waals surface area contributed by atoms with Crippen LogP contribution in [0.25, 0.3) is 0 Å². The van der Waals surface area contributed by atoms with Crippen LogP contribution >= 0.6 is 0 Å². The Morgan fingerprint density at radius 2 is 1.76 bits per heavy atom. The number of carbonyl (C=O) groups is 1. The van der Waals surface area contributed by atoms with E-state index in [2.05, 4.69) is 19.9 Å². The van der Waals surface area contributed by atoms with Crippen molar-refractivity contribution in [2.45, 2.75) is 59.2 Å². The van der Waals surface area contributed by atoms with Crippen molar-refractivity contribution < 1.29 is 19.0 Å². The van der Waals surface area contributed by atoms with E-state index in [0.717, 1.165) is 37.2 Å². The Morgan fingerprint density at radius 3 is 2.38 bits per heavy atom. The lowest BCUT2D eigenvalue weighted by Gasteiger charge is -2.29. The molecule has 1 fully saturated rings. The molecular weight excluding hydrogens is 364 g/mol. The zero-order chi connectivity index (χ0) is 20.6. The van der Waals surface area contributed by atoms with E-state index < -0.39 is 0 Å². The summed E-state index contributed by atoms with van der Waals surface area (Å²) in [5.74, 6) is 0.726. The van der Waals surface area contributed by atoms with Gasteiger partial charge in [0.15, 0.2) is 6.29 Å². The molecule has 2 aromatic rings. The summed E-state index contributed by atoms with van der Waals surface area (Å²) in [6, 6.07) is 13.2. The largest absolute Gasteiger partial charge is 0.423 e. The van der Waals surface area contributed by atoms with Gasteiger partial charge < -0.3 is 14.2 Å². The number of aryl methyl sites for hydroxylation is 2. The zero-order valence-corrected chi connectivity index (χ0v) is 17.8. The van der Waals surface area contributed by atoms with Crippen molar-refractivity contribution in [2.24, 2.45) is 5.92 Å². The molecule has 0 spiro atoms. The zero-order valence-electron chi connectivity index (χ0n) is 17.8. The van der Waals surface area contributed by atoms with Crippen LogP contribution in [0, 0.1) is 12.8 Å². The summed E-state index contributed by atoms with van der Waals surface area (Å²) < 4.78 is 17.4. The molecule has 4 nitrogen and oxygen atoms in total. The fourth-order valence-corrected chi connectivity index (χ4v) is 3.57. The number of rotatable bonds is 8. The van der Waals surface area contributed by atoms with Crippen molar-refractivity contribution >= 4 is 5.97 Å². The second kappa shape index (κ2) is 10.6. The number of esters is 1. The van der Waals surface area contributed by atoms with Gasteiger partial charge in [-0.1, -0.05) is 57.4 Å². The van der Waals surface area contributed by atoms with Gasteiger partial charge in [-0.15, -0.1) is 0 Å². The Bertz CT molecular complexity index is 789. The Morgan fingerprint density at radius 1 is 1.03 bits per heavy atom. The van der Waals surface area contributed by atoms with Crippen molar-refractivity contribution in [2.75, 3.05) is 13.2 Å². The maximum atomic E-state index is 12.5. The fourth-order valence-electron chi connectivity index (χ4n) is 3.57. The van der Waals surface area contributed by atoms with E-state index in [4.69, 9.17) is 14.2 Å². The standard InChI is InChI=1S/C25H32O4/c1-4-6-7-8-20-16-27-25(28-17-20)22-12-10-21(11-13-22)24(26)29-23-14-9-19(5-2)15-18(23)3/h9-15,20,25H,4-8,16-17H2,1-3H3. The van der Waals surface area contributed by atoms with Crippen molar-refractivity contribution in [1.29, 1.82) is 0 Å². The maximum Gasteiger partial charge on any atom is 0.343 e. The minimum atomic E-state index is -0.356. The highest BCUT2D eigenvalue weighted by atomic mass is 16.7. The van der Waals surface area contributed by atoms with E-state index in [-0.39, 0.29) is 12.3 Å². The third-order valence-electron chi connectivity index (χ3n) is 5.45. The molecule has 1 aliphatic rings. The normalized spacial score (nSPS) is 19.1. The van der Waals surface area contributed by atoms with Gasteiger partial charge in [-0.2, -0.15) is 0 Å². The molecule has 1 saturated heterocycles. The predicted octanol–water partition coefficient (Wildman–Crippen LogP) is 6.02. The fraction of sp³-hybridized carbons (Fsp3) is 0.480. The molecule has 2 aromatic carbocycles. The van der Waals surface area contributed by atoms with Gasteiger partial charge in [0.2, 0.25) is 0 Å². The summed E-state index contributed by atoms with van der Waals surface area (Å²) in [6.07, 6.45) is 5.49. The highest BCUT2D eigenvalue weighted by Gasteiger charge is 2.23. The monoisotopic (exact) mass is 396 g/mol. The van der Waals surface area contributed by atoms with Gasteiger partial charge in [-0.3, -0.25) is 0 Å². The number of hydrogen-bond donors (Lipinski definition) is 0. The topological polar surface area (TPSA) is 44.8 Å². The molecule has 0 aromatic heterocycles. The first kappa shape index (κ1) is 21.5. The lowest BCUT2D eigenvalue weighted by molar-refractivity contribution is -0.206. The van der Waals surface area contributed by atoms with E-state index in [1.54, 1.807) is 12.1 Å². The van der Waals surface area contributed by atoms with E-state index in [9.17, 15) is 4.79 Å². The molecule has 4 heteroatoms. The third-order valence-corrected chi connectivity index (χ3v) is 5.45. The van der Waals surface area contributed by atoms with Crippen molar-refractivity contribution in [3.8, 4) is 5.75 Å². The summed E-state index contributed by atoms with van der Waals surface area (Å²) in [4.78, 5) is 12.5. The first-order valence-electron chi connectivity index (χ1n) is 10.8. The molecule has 1 heterocycles. The molecule has 0 aliphatic carbocycles. The molecule has 156 valence electrons. The van der Waals surface area contributed by atoms with Crippen LogP contribution in [0.4, 0.5) is 0 Å². The maximum absolute atomic E-state index is 12.5. The Hall–Kier alpha value is -2.17. The first-order chi connectivity index (χ1) is 14.1. The third kappa shape index (κ3) is 5.91.